The van der Waals surface area contributed by atoms with Crippen LogP contribution in [0.3, 0.4) is 0 Å². The Morgan fingerprint density at radius 1 is 0.328 bits per heavy atom. The number of carbonyl (C=O) groups is 3. The summed E-state index contributed by atoms with van der Waals surface area (Å²) in [5.41, 5.74) is 0. The first-order valence-corrected chi connectivity index (χ1v) is 25.9. The van der Waals surface area contributed by atoms with Gasteiger partial charge in [-0.1, -0.05) is 252 Å². The summed E-state index contributed by atoms with van der Waals surface area (Å²) in [7, 11) is 0. The average Bonchev–Trinajstić information content (AvgIpc) is 3.21. The SMILES string of the molecule is CCCCCCCCCCCCCCCC(=O)OC[C@@H](COC(=O)CCCCCCCCCCC)OC(=O)CCCCCCCCCCCCCCCCCC(C)C. The Bertz CT molecular complexity index is 872. The van der Waals surface area contributed by atoms with Gasteiger partial charge in [-0.3, -0.25) is 14.4 Å². The Morgan fingerprint density at radius 2 is 0.569 bits per heavy atom. The van der Waals surface area contributed by atoms with E-state index in [2.05, 4.69) is 27.7 Å². The largest absolute Gasteiger partial charge is 0.462 e. The molecule has 0 aromatic carbocycles. The summed E-state index contributed by atoms with van der Waals surface area (Å²) in [5.74, 6) is 0.00142. The molecule has 0 bridgehead atoms. The van der Waals surface area contributed by atoms with Gasteiger partial charge in [-0.2, -0.15) is 0 Å². The lowest BCUT2D eigenvalue weighted by Gasteiger charge is -2.18. The van der Waals surface area contributed by atoms with E-state index < -0.39 is 6.10 Å². The number of unbranched alkanes of at least 4 members (excludes halogenated alkanes) is 34. The van der Waals surface area contributed by atoms with Crippen LogP contribution in [0, 0.1) is 5.92 Å². The van der Waals surface area contributed by atoms with Gasteiger partial charge in [0.1, 0.15) is 13.2 Å². The van der Waals surface area contributed by atoms with Crippen LogP contribution in [0.15, 0.2) is 0 Å². The topological polar surface area (TPSA) is 78.9 Å². The molecule has 6 heteroatoms. The van der Waals surface area contributed by atoms with Crippen LogP contribution in [-0.4, -0.2) is 37.2 Å². The Hall–Kier alpha value is -1.59. The summed E-state index contributed by atoms with van der Waals surface area (Å²) in [6.07, 6.45) is 48.0. The van der Waals surface area contributed by atoms with Gasteiger partial charge in [0.2, 0.25) is 0 Å². The molecule has 0 fully saturated rings. The summed E-state index contributed by atoms with van der Waals surface area (Å²) in [6.45, 7) is 9.02. The van der Waals surface area contributed by atoms with Crippen molar-refractivity contribution >= 4 is 17.9 Å². The molecule has 0 spiro atoms. The minimum Gasteiger partial charge on any atom is -0.462 e. The lowest BCUT2D eigenvalue weighted by Crippen LogP contribution is -2.30. The Morgan fingerprint density at radius 3 is 0.845 bits per heavy atom. The molecule has 0 aliphatic carbocycles. The number of carbonyl (C=O) groups excluding carboxylic acids is 3. The highest BCUT2D eigenvalue weighted by Gasteiger charge is 2.19. The van der Waals surface area contributed by atoms with Crippen molar-refractivity contribution in [1.29, 1.82) is 0 Å². The zero-order valence-electron chi connectivity index (χ0n) is 39.5. The second-order valence-electron chi connectivity index (χ2n) is 18.3. The van der Waals surface area contributed by atoms with Crippen molar-refractivity contribution in [2.75, 3.05) is 13.2 Å². The van der Waals surface area contributed by atoms with Gasteiger partial charge in [0.15, 0.2) is 6.10 Å². The third-order valence-electron chi connectivity index (χ3n) is 11.8. The van der Waals surface area contributed by atoms with Crippen LogP contribution in [0.5, 0.6) is 0 Å². The monoisotopic (exact) mass is 821 g/mol. The molecule has 0 saturated carbocycles. The molecular weight excluding hydrogens is 721 g/mol. The fraction of sp³-hybridized carbons (Fsp3) is 0.942. The highest BCUT2D eigenvalue weighted by atomic mass is 16.6. The van der Waals surface area contributed by atoms with Crippen LogP contribution < -0.4 is 0 Å². The van der Waals surface area contributed by atoms with E-state index in [0.29, 0.717) is 19.3 Å². The fourth-order valence-electron chi connectivity index (χ4n) is 7.86. The standard InChI is InChI=1S/C52H100O6/c1-5-7-9-11-13-15-16-20-24-28-32-36-40-44-51(54)57-47-49(46-56-50(53)43-39-35-31-26-14-12-10-8-6-2)58-52(55)45-41-37-33-29-25-22-19-17-18-21-23-27-30-34-38-42-48(3)4/h48-49H,5-47H2,1-4H3/t49-/m1/s1. The maximum Gasteiger partial charge on any atom is 0.306 e. The van der Waals surface area contributed by atoms with Gasteiger partial charge in [0, 0.05) is 19.3 Å². The maximum absolute atomic E-state index is 12.8. The summed E-state index contributed by atoms with van der Waals surface area (Å²) in [4.78, 5) is 37.8. The molecule has 0 aromatic rings. The molecule has 0 aromatic heterocycles. The molecule has 0 unspecified atom stereocenters. The van der Waals surface area contributed by atoms with E-state index in [-0.39, 0.29) is 31.1 Å². The van der Waals surface area contributed by atoms with E-state index >= 15 is 0 Å². The van der Waals surface area contributed by atoms with Crippen LogP contribution in [0.4, 0.5) is 0 Å². The van der Waals surface area contributed by atoms with Gasteiger partial charge in [0.25, 0.3) is 0 Å². The molecule has 0 amide bonds. The van der Waals surface area contributed by atoms with E-state index in [1.165, 1.54) is 186 Å². The molecule has 58 heavy (non-hydrogen) atoms. The summed E-state index contributed by atoms with van der Waals surface area (Å²) < 4.78 is 16.8. The molecule has 6 nitrogen and oxygen atoms in total. The Labute approximate surface area is 361 Å². The molecule has 1 atom stereocenters. The van der Waals surface area contributed by atoms with E-state index in [1.54, 1.807) is 0 Å². The first-order valence-electron chi connectivity index (χ1n) is 25.9. The normalized spacial score (nSPS) is 11.9. The Kier molecular flexibility index (Phi) is 45.2. The third-order valence-corrected chi connectivity index (χ3v) is 11.8. The van der Waals surface area contributed by atoms with Crippen molar-refractivity contribution in [3.8, 4) is 0 Å². The van der Waals surface area contributed by atoms with Crippen molar-refractivity contribution in [3.05, 3.63) is 0 Å². The van der Waals surface area contributed by atoms with Gasteiger partial charge in [-0.15, -0.1) is 0 Å². The molecule has 0 rings (SSSR count). The van der Waals surface area contributed by atoms with E-state index in [9.17, 15) is 14.4 Å². The highest BCUT2D eigenvalue weighted by molar-refractivity contribution is 5.71. The lowest BCUT2D eigenvalue weighted by molar-refractivity contribution is -0.167. The maximum atomic E-state index is 12.8. The third kappa shape index (κ3) is 45.5. The number of hydrogen-bond acceptors (Lipinski definition) is 6. The zero-order chi connectivity index (χ0) is 42.4. The number of esters is 3. The molecule has 344 valence electrons. The summed E-state index contributed by atoms with van der Waals surface area (Å²) in [6, 6.07) is 0. The van der Waals surface area contributed by atoms with Gasteiger partial charge in [-0.25, -0.2) is 0 Å². The number of hydrogen-bond donors (Lipinski definition) is 0. The van der Waals surface area contributed by atoms with E-state index in [4.69, 9.17) is 14.2 Å². The minimum absolute atomic E-state index is 0.0627. The van der Waals surface area contributed by atoms with Crippen molar-refractivity contribution < 1.29 is 28.6 Å². The first kappa shape index (κ1) is 56.4. The summed E-state index contributed by atoms with van der Waals surface area (Å²) >= 11 is 0. The van der Waals surface area contributed by atoms with Crippen LogP contribution >= 0.6 is 0 Å². The van der Waals surface area contributed by atoms with Gasteiger partial charge >= 0.3 is 17.9 Å². The van der Waals surface area contributed by atoms with Crippen molar-refractivity contribution in [2.24, 2.45) is 5.92 Å². The average molecular weight is 821 g/mol. The van der Waals surface area contributed by atoms with Crippen molar-refractivity contribution in [2.45, 2.75) is 297 Å². The molecular formula is C52H100O6. The molecule has 0 aliphatic heterocycles. The minimum atomic E-state index is -0.759. The van der Waals surface area contributed by atoms with Gasteiger partial charge in [0.05, 0.1) is 0 Å². The second-order valence-corrected chi connectivity index (χ2v) is 18.3. The van der Waals surface area contributed by atoms with E-state index in [0.717, 1.165) is 63.7 Å². The lowest BCUT2D eigenvalue weighted by atomic mass is 10.0. The quantitative estimate of drug-likeness (QED) is 0.0346. The molecule has 0 aliphatic rings. The van der Waals surface area contributed by atoms with Gasteiger partial charge < -0.3 is 14.2 Å². The number of ether oxygens (including phenoxy) is 3. The van der Waals surface area contributed by atoms with E-state index in [1.807, 2.05) is 0 Å². The summed E-state index contributed by atoms with van der Waals surface area (Å²) in [5, 5.41) is 0. The second kappa shape index (κ2) is 46.5. The predicted molar refractivity (Wildman–Crippen MR) is 247 cm³/mol. The fourth-order valence-corrected chi connectivity index (χ4v) is 7.86. The van der Waals surface area contributed by atoms with Crippen molar-refractivity contribution in [3.63, 3.8) is 0 Å². The smallest absolute Gasteiger partial charge is 0.306 e. The molecule has 0 radical (unpaired) electrons. The van der Waals surface area contributed by atoms with Crippen LogP contribution in [-0.2, 0) is 28.6 Å². The molecule has 0 heterocycles. The first-order chi connectivity index (χ1) is 28.4. The van der Waals surface area contributed by atoms with Crippen LogP contribution in [0.2, 0.25) is 0 Å². The van der Waals surface area contributed by atoms with Gasteiger partial charge in [-0.05, 0) is 25.2 Å². The highest BCUT2D eigenvalue weighted by Crippen LogP contribution is 2.17. The molecule has 0 saturated heterocycles. The van der Waals surface area contributed by atoms with Crippen LogP contribution in [0.1, 0.15) is 291 Å². The Balaban J connectivity index is 4.25. The van der Waals surface area contributed by atoms with Crippen LogP contribution in [0.25, 0.3) is 0 Å². The number of rotatable bonds is 47. The zero-order valence-corrected chi connectivity index (χ0v) is 39.5. The molecule has 0 N–H and O–H groups in total. The predicted octanol–water partition coefficient (Wildman–Crippen LogP) is 16.7. The van der Waals surface area contributed by atoms with Crippen molar-refractivity contribution in [1.82, 2.24) is 0 Å².